The summed E-state index contributed by atoms with van der Waals surface area (Å²) in [4.78, 5) is 14.9. The quantitative estimate of drug-likeness (QED) is 0.809. The minimum atomic E-state index is -1.03. The van der Waals surface area contributed by atoms with Crippen LogP contribution in [0.15, 0.2) is 5.38 Å². The zero-order valence-corrected chi connectivity index (χ0v) is 9.75. The molecule has 1 aromatic rings. The van der Waals surface area contributed by atoms with Gasteiger partial charge in [-0.25, -0.2) is 4.98 Å². The summed E-state index contributed by atoms with van der Waals surface area (Å²) >= 11 is 1.50. The van der Waals surface area contributed by atoms with E-state index in [-0.39, 0.29) is 0 Å². The highest BCUT2D eigenvalue weighted by Gasteiger charge is 2.19. The SMILES string of the molecule is CCC(CC)c1nc(C(N)C(=O)O)cs1. The maximum atomic E-state index is 10.7. The topological polar surface area (TPSA) is 76.2 Å². The fourth-order valence-electron chi connectivity index (χ4n) is 1.40. The van der Waals surface area contributed by atoms with Crippen LogP contribution in [0.1, 0.15) is 49.4 Å². The summed E-state index contributed by atoms with van der Waals surface area (Å²) in [5, 5.41) is 11.5. The molecule has 1 unspecified atom stereocenters. The molecule has 4 nitrogen and oxygen atoms in total. The lowest BCUT2D eigenvalue weighted by Gasteiger charge is -2.07. The van der Waals surface area contributed by atoms with E-state index < -0.39 is 12.0 Å². The summed E-state index contributed by atoms with van der Waals surface area (Å²) in [6, 6.07) is -0.996. The Kier molecular flexibility index (Phi) is 4.23. The van der Waals surface area contributed by atoms with Crippen LogP contribution >= 0.6 is 11.3 Å². The first-order valence-corrected chi connectivity index (χ1v) is 5.91. The van der Waals surface area contributed by atoms with E-state index in [9.17, 15) is 4.79 Å². The Balaban J connectivity index is 2.84. The fraction of sp³-hybridized carbons (Fsp3) is 0.600. The molecule has 0 aromatic carbocycles. The number of hydrogen-bond donors (Lipinski definition) is 2. The predicted octanol–water partition coefficient (Wildman–Crippen LogP) is 2.13. The highest BCUT2D eigenvalue weighted by Crippen LogP contribution is 2.27. The maximum absolute atomic E-state index is 10.7. The molecule has 1 heterocycles. The number of hydrogen-bond acceptors (Lipinski definition) is 4. The molecule has 0 aliphatic heterocycles. The number of carboxylic acids is 1. The Hall–Kier alpha value is -0.940. The zero-order chi connectivity index (χ0) is 11.4. The molecule has 0 saturated carbocycles. The summed E-state index contributed by atoms with van der Waals surface area (Å²) in [5.41, 5.74) is 5.95. The summed E-state index contributed by atoms with van der Waals surface area (Å²) in [6.07, 6.45) is 2.04. The molecule has 15 heavy (non-hydrogen) atoms. The summed E-state index contributed by atoms with van der Waals surface area (Å²) < 4.78 is 0. The van der Waals surface area contributed by atoms with Gasteiger partial charge in [-0.1, -0.05) is 13.8 Å². The van der Waals surface area contributed by atoms with Gasteiger partial charge in [-0.3, -0.25) is 4.79 Å². The second kappa shape index (κ2) is 5.23. The molecule has 5 heteroatoms. The Morgan fingerprint density at radius 3 is 2.67 bits per heavy atom. The Morgan fingerprint density at radius 2 is 2.20 bits per heavy atom. The van der Waals surface area contributed by atoms with Crippen LogP contribution in [0.4, 0.5) is 0 Å². The third-order valence-corrected chi connectivity index (χ3v) is 3.48. The van der Waals surface area contributed by atoms with E-state index in [1.807, 2.05) is 0 Å². The van der Waals surface area contributed by atoms with Crippen LogP contribution in [0.25, 0.3) is 0 Å². The van der Waals surface area contributed by atoms with E-state index in [2.05, 4.69) is 18.8 Å². The van der Waals surface area contributed by atoms with Crippen molar-refractivity contribution in [1.82, 2.24) is 4.98 Å². The largest absolute Gasteiger partial charge is 0.480 e. The van der Waals surface area contributed by atoms with Crippen LogP contribution in [0.2, 0.25) is 0 Å². The third kappa shape index (κ3) is 2.76. The van der Waals surface area contributed by atoms with Gasteiger partial charge >= 0.3 is 5.97 Å². The Bertz CT molecular complexity index is 334. The van der Waals surface area contributed by atoms with Crippen LogP contribution in [-0.4, -0.2) is 16.1 Å². The summed E-state index contributed by atoms with van der Waals surface area (Å²) in [7, 11) is 0. The Labute approximate surface area is 93.1 Å². The minimum absolute atomic E-state index is 0.421. The van der Waals surface area contributed by atoms with Gasteiger partial charge in [0.05, 0.1) is 10.7 Å². The van der Waals surface area contributed by atoms with Gasteiger partial charge < -0.3 is 10.8 Å². The van der Waals surface area contributed by atoms with Crippen molar-refractivity contribution >= 4 is 17.3 Å². The molecule has 1 aromatic heterocycles. The van der Waals surface area contributed by atoms with Crippen LogP contribution in [0.3, 0.4) is 0 Å². The standard InChI is InChI=1S/C10H16N2O2S/c1-3-6(4-2)9-12-7(5-15-9)8(11)10(13)14/h5-6,8H,3-4,11H2,1-2H3,(H,13,14). The van der Waals surface area contributed by atoms with Gasteiger partial charge in [0.25, 0.3) is 0 Å². The van der Waals surface area contributed by atoms with Crippen LogP contribution in [0.5, 0.6) is 0 Å². The Morgan fingerprint density at radius 1 is 1.60 bits per heavy atom. The number of carboxylic acid groups (broad SMARTS) is 1. The molecule has 0 aliphatic carbocycles. The molecular formula is C10H16N2O2S. The van der Waals surface area contributed by atoms with Gasteiger partial charge in [0.1, 0.15) is 6.04 Å². The average Bonchev–Trinajstić information content (AvgIpc) is 2.67. The lowest BCUT2D eigenvalue weighted by atomic mass is 10.1. The molecule has 1 atom stereocenters. The van der Waals surface area contributed by atoms with Crippen LogP contribution < -0.4 is 5.73 Å². The van der Waals surface area contributed by atoms with E-state index in [0.717, 1.165) is 17.8 Å². The molecule has 0 fully saturated rings. The van der Waals surface area contributed by atoms with E-state index in [0.29, 0.717) is 11.6 Å². The number of nitrogens with zero attached hydrogens (tertiary/aromatic N) is 1. The molecule has 84 valence electrons. The fourth-order valence-corrected chi connectivity index (χ4v) is 2.52. The summed E-state index contributed by atoms with van der Waals surface area (Å²) in [6.45, 7) is 4.21. The normalized spacial score (nSPS) is 13.1. The second-order valence-electron chi connectivity index (χ2n) is 3.44. The lowest BCUT2D eigenvalue weighted by Crippen LogP contribution is -2.21. The number of thiazole rings is 1. The van der Waals surface area contributed by atoms with Crippen LogP contribution in [0, 0.1) is 0 Å². The average molecular weight is 228 g/mol. The van der Waals surface area contributed by atoms with Crippen molar-refractivity contribution in [1.29, 1.82) is 0 Å². The minimum Gasteiger partial charge on any atom is -0.480 e. The van der Waals surface area contributed by atoms with Gasteiger partial charge in [0.2, 0.25) is 0 Å². The number of aliphatic carboxylic acids is 1. The molecule has 0 spiro atoms. The zero-order valence-electron chi connectivity index (χ0n) is 8.93. The van der Waals surface area contributed by atoms with E-state index in [1.54, 1.807) is 5.38 Å². The predicted molar refractivity (Wildman–Crippen MR) is 60.0 cm³/mol. The van der Waals surface area contributed by atoms with Crippen molar-refractivity contribution in [2.24, 2.45) is 5.73 Å². The number of rotatable bonds is 5. The maximum Gasteiger partial charge on any atom is 0.326 e. The third-order valence-electron chi connectivity index (χ3n) is 2.46. The highest BCUT2D eigenvalue weighted by molar-refractivity contribution is 7.09. The van der Waals surface area contributed by atoms with Crippen molar-refractivity contribution in [3.63, 3.8) is 0 Å². The first kappa shape index (κ1) is 12.1. The molecule has 1 rings (SSSR count). The first-order valence-electron chi connectivity index (χ1n) is 5.03. The van der Waals surface area contributed by atoms with Crippen molar-refractivity contribution in [3.05, 3.63) is 16.1 Å². The van der Waals surface area contributed by atoms with Gasteiger partial charge in [-0.05, 0) is 12.8 Å². The smallest absolute Gasteiger partial charge is 0.326 e. The van der Waals surface area contributed by atoms with Crippen molar-refractivity contribution in [3.8, 4) is 0 Å². The molecular weight excluding hydrogens is 212 g/mol. The van der Waals surface area contributed by atoms with Crippen molar-refractivity contribution in [2.75, 3.05) is 0 Å². The number of aromatic nitrogens is 1. The summed E-state index contributed by atoms with van der Waals surface area (Å²) in [5.74, 6) is -0.610. The molecule has 0 radical (unpaired) electrons. The van der Waals surface area contributed by atoms with Gasteiger partial charge in [-0.15, -0.1) is 11.3 Å². The monoisotopic (exact) mass is 228 g/mol. The molecule has 0 saturated heterocycles. The number of nitrogens with two attached hydrogens (primary N) is 1. The highest BCUT2D eigenvalue weighted by atomic mass is 32.1. The van der Waals surface area contributed by atoms with E-state index in [1.165, 1.54) is 11.3 Å². The van der Waals surface area contributed by atoms with Gasteiger partial charge in [0, 0.05) is 11.3 Å². The molecule has 0 aliphatic rings. The van der Waals surface area contributed by atoms with E-state index >= 15 is 0 Å². The lowest BCUT2D eigenvalue weighted by molar-refractivity contribution is -0.138. The van der Waals surface area contributed by atoms with Gasteiger partial charge in [0.15, 0.2) is 0 Å². The molecule has 3 N–H and O–H groups in total. The van der Waals surface area contributed by atoms with Crippen LogP contribution in [-0.2, 0) is 4.79 Å². The molecule has 0 amide bonds. The second-order valence-corrected chi connectivity index (χ2v) is 4.33. The van der Waals surface area contributed by atoms with Crippen molar-refractivity contribution < 1.29 is 9.90 Å². The number of carbonyl (C=O) groups is 1. The van der Waals surface area contributed by atoms with Gasteiger partial charge in [-0.2, -0.15) is 0 Å². The molecule has 0 bridgehead atoms. The van der Waals surface area contributed by atoms with Crippen molar-refractivity contribution in [2.45, 2.75) is 38.6 Å². The van der Waals surface area contributed by atoms with E-state index in [4.69, 9.17) is 10.8 Å². The first-order chi connectivity index (χ1) is 7.10.